The highest BCUT2D eigenvalue weighted by Gasteiger charge is 2.04. The summed E-state index contributed by atoms with van der Waals surface area (Å²) in [5.74, 6) is 1.46. The van der Waals surface area contributed by atoms with E-state index in [9.17, 15) is 0 Å². The fourth-order valence-electron chi connectivity index (χ4n) is 1.78. The van der Waals surface area contributed by atoms with Crippen LogP contribution < -0.4 is 14.8 Å². The maximum absolute atomic E-state index is 5.74. The van der Waals surface area contributed by atoms with Gasteiger partial charge in [0.2, 0.25) is 0 Å². The molecular formula is C15H18N2O2. The SMILES string of the molecule is CNCc1cccc(COc2ccccc2OC)n1. The van der Waals surface area contributed by atoms with Crippen LogP contribution in [-0.2, 0) is 13.2 Å². The third-order valence-electron chi connectivity index (χ3n) is 2.67. The first-order valence-corrected chi connectivity index (χ1v) is 6.18. The number of ether oxygens (including phenoxy) is 2. The van der Waals surface area contributed by atoms with E-state index in [1.807, 2.05) is 49.5 Å². The van der Waals surface area contributed by atoms with E-state index in [0.717, 1.165) is 29.4 Å². The van der Waals surface area contributed by atoms with E-state index in [2.05, 4.69) is 10.3 Å². The zero-order valence-electron chi connectivity index (χ0n) is 11.2. The summed E-state index contributed by atoms with van der Waals surface area (Å²) in [5, 5.41) is 3.08. The Bertz CT molecular complexity index is 529. The normalized spacial score (nSPS) is 10.2. The van der Waals surface area contributed by atoms with E-state index in [0.29, 0.717) is 6.61 Å². The highest BCUT2D eigenvalue weighted by Crippen LogP contribution is 2.26. The molecule has 1 heterocycles. The molecule has 0 spiro atoms. The van der Waals surface area contributed by atoms with Crippen LogP contribution in [0.2, 0.25) is 0 Å². The van der Waals surface area contributed by atoms with Gasteiger partial charge in [-0.3, -0.25) is 4.98 Å². The van der Waals surface area contributed by atoms with E-state index in [1.165, 1.54) is 0 Å². The van der Waals surface area contributed by atoms with Crippen molar-refractivity contribution < 1.29 is 9.47 Å². The Labute approximate surface area is 113 Å². The molecule has 19 heavy (non-hydrogen) atoms. The summed E-state index contributed by atoms with van der Waals surface area (Å²) in [7, 11) is 3.54. The van der Waals surface area contributed by atoms with Gasteiger partial charge in [-0.2, -0.15) is 0 Å². The molecule has 1 aromatic heterocycles. The first-order chi connectivity index (χ1) is 9.33. The topological polar surface area (TPSA) is 43.4 Å². The van der Waals surface area contributed by atoms with E-state index in [-0.39, 0.29) is 0 Å². The first-order valence-electron chi connectivity index (χ1n) is 6.18. The smallest absolute Gasteiger partial charge is 0.161 e. The molecule has 2 aromatic rings. The van der Waals surface area contributed by atoms with Crippen molar-refractivity contribution in [3.63, 3.8) is 0 Å². The number of methoxy groups -OCH3 is 1. The second-order valence-corrected chi connectivity index (χ2v) is 4.09. The zero-order chi connectivity index (χ0) is 13.5. The van der Waals surface area contributed by atoms with E-state index in [1.54, 1.807) is 7.11 Å². The summed E-state index contributed by atoms with van der Waals surface area (Å²) < 4.78 is 11.0. The number of hydrogen-bond donors (Lipinski definition) is 1. The minimum Gasteiger partial charge on any atom is -0.493 e. The van der Waals surface area contributed by atoms with Gasteiger partial charge in [-0.25, -0.2) is 0 Å². The van der Waals surface area contributed by atoms with Crippen molar-refractivity contribution in [2.45, 2.75) is 13.2 Å². The quantitative estimate of drug-likeness (QED) is 0.864. The summed E-state index contributed by atoms with van der Waals surface area (Å²) >= 11 is 0. The molecule has 100 valence electrons. The van der Waals surface area contributed by atoms with Gasteiger partial charge in [0.05, 0.1) is 18.5 Å². The zero-order valence-corrected chi connectivity index (χ0v) is 11.2. The van der Waals surface area contributed by atoms with Gasteiger partial charge in [-0.1, -0.05) is 18.2 Å². The molecule has 0 saturated carbocycles. The standard InChI is InChI=1S/C15H18N2O2/c1-16-10-12-6-5-7-13(17-12)11-19-15-9-4-3-8-14(15)18-2/h3-9,16H,10-11H2,1-2H3. The molecule has 0 radical (unpaired) electrons. The summed E-state index contributed by atoms with van der Waals surface area (Å²) in [4.78, 5) is 4.50. The Kier molecular flexibility index (Phi) is 4.75. The second-order valence-electron chi connectivity index (χ2n) is 4.09. The molecule has 0 atom stereocenters. The van der Waals surface area contributed by atoms with E-state index >= 15 is 0 Å². The van der Waals surface area contributed by atoms with Gasteiger partial charge >= 0.3 is 0 Å². The lowest BCUT2D eigenvalue weighted by Crippen LogP contribution is -2.08. The highest BCUT2D eigenvalue weighted by molar-refractivity contribution is 5.39. The first kappa shape index (κ1) is 13.4. The van der Waals surface area contributed by atoms with Crippen LogP contribution in [0.5, 0.6) is 11.5 Å². The largest absolute Gasteiger partial charge is 0.493 e. The van der Waals surface area contributed by atoms with Crippen LogP contribution in [-0.4, -0.2) is 19.1 Å². The van der Waals surface area contributed by atoms with Gasteiger partial charge in [-0.05, 0) is 31.3 Å². The number of pyridine rings is 1. The van der Waals surface area contributed by atoms with E-state index in [4.69, 9.17) is 9.47 Å². The lowest BCUT2D eigenvalue weighted by molar-refractivity contribution is 0.280. The molecule has 0 bridgehead atoms. The summed E-state index contributed by atoms with van der Waals surface area (Å²) in [5.41, 5.74) is 1.90. The van der Waals surface area contributed by atoms with Crippen molar-refractivity contribution in [2.24, 2.45) is 0 Å². The van der Waals surface area contributed by atoms with Crippen molar-refractivity contribution in [3.8, 4) is 11.5 Å². The van der Waals surface area contributed by atoms with Crippen molar-refractivity contribution in [3.05, 3.63) is 53.9 Å². The van der Waals surface area contributed by atoms with Gasteiger partial charge in [0, 0.05) is 6.54 Å². The van der Waals surface area contributed by atoms with Gasteiger partial charge in [0.15, 0.2) is 11.5 Å². The molecule has 0 aliphatic heterocycles. The molecule has 0 aliphatic rings. The Morgan fingerprint density at radius 3 is 2.47 bits per heavy atom. The van der Waals surface area contributed by atoms with Crippen LogP contribution in [0.25, 0.3) is 0 Å². The summed E-state index contributed by atoms with van der Waals surface area (Å²) in [6.45, 7) is 1.18. The number of rotatable bonds is 6. The monoisotopic (exact) mass is 258 g/mol. The van der Waals surface area contributed by atoms with Crippen molar-refractivity contribution in [1.29, 1.82) is 0 Å². The van der Waals surface area contributed by atoms with Crippen LogP contribution in [0, 0.1) is 0 Å². The summed E-state index contributed by atoms with van der Waals surface area (Å²) in [6, 6.07) is 13.5. The summed E-state index contributed by atoms with van der Waals surface area (Å²) in [6.07, 6.45) is 0. The molecule has 4 heteroatoms. The molecule has 0 saturated heterocycles. The van der Waals surface area contributed by atoms with Crippen LogP contribution >= 0.6 is 0 Å². The minimum absolute atomic E-state index is 0.428. The molecule has 4 nitrogen and oxygen atoms in total. The minimum atomic E-state index is 0.428. The Morgan fingerprint density at radius 1 is 1.00 bits per heavy atom. The number of aromatic nitrogens is 1. The number of benzene rings is 1. The Balaban J connectivity index is 2.03. The third kappa shape index (κ3) is 3.69. The molecule has 0 unspecified atom stereocenters. The van der Waals surface area contributed by atoms with Crippen LogP contribution in [0.1, 0.15) is 11.4 Å². The number of nitrogens with one attached hydrogen (secondary N) is 1. The second kappa shape index (κ2) is 6.75. The third-order valence-corrected chi connectivity index (χ3v) is 2.67. The average Bonchev–Trinajstić information content (AvgIpc) is 2.46. The van der Waals surface area contributed by atoms with Crippen molar-refractivity contribution in [1.82, 2.24) is 10.3 Å². The maximum atomic E-state index is 5.74. The molecule has 1 N–H and O–H groups in total. The predicted octanol–water partition coefficient (Wildman–Crippen LogP) is 2.39. The highest BCUT2D eigenvalue weighted by atomic mass is 16.5. The van der Waals surface area contributed by atoms with Crippen LogP contribution in [0.4, 0.5) is 0 Å². The fourth-order valence-corrected chi connectivity index (χ4v) is 1.78. The Hall–Kier alpha value is -2.07. The number of nitrogens with zero attached hydrogens (tertiary/aromatic N) is 1. The van der Waals surface area contributed by atoms with Gasteiger partial charge in [-0.15, -0.1) is 0 Å². The molecule has 2 rings (SSSR count). The molecular weight excluding hydrogens is 240 g/mol. The number of hydrogen-bond acceptors (Lipinski definition) is 4. The predicted molar refractivity (Wildman–Crippen MR) is 74.3 cm³/mol. The van der Waals surface area contributed by atoms with E-state index < -0.39 is 0 Å². The molecule has 0 aliphatic carbocycles. The lowest BCUT2D eigenvalue weighted by atomic mass is 10.3. The van der Waals surface area contributed by atoms with Crippen LogP contribution in [0.15, 0.2) is 42.5 Å². The fraction of sp³-hybridized carbons (Fsp3) is 0.267. The van der Waals surface area contributed by atoms with Crippen molar-refractivity contribution in [2.75, 3.05) is 14.2 Å². The lowest BCUT2D eigenvalue weighted by Gasteiger charge is -2.10. The average molecular weight is 258 g/mol. The van der Waals surface area contributed by atoms with Gasteiger partial charge < -0.3 is 14.8 Å². The van der Waals surface area contributed by atoms with Crippen molar-refractivity contribution >= 4 is 0 Å². The molecule has 1 aromatic carbocycles. The van der Waals surface area contributed by atoms with Crippen LogP contribution in [0.3, 0.4) is 0 Å². The van der Waals surface area contributed by atoms with Gasteiger partial charge in [0.25, 0.3) is 0 Å². The molecule has 0 fully saturated rings. The van der Waals surface area contributed by atoms with Gasteiger partial charge in [0.1, 0.15) is 6.61 Å². The maximum Gasteiger partial charge on any atom is 0.161 e. The number of para-hydroxylation sites is 2. The Morgan fingerprint density at radius 2 is 1.74 bits per heavy atom. The molecule has 0 amide bonds.